The first-order valence-corrected chi connectivity index (χ1v) is 12.7. The number of benzene rings is 1. The molecule has 2 aromatic heterocycles. The van der Waals surface area contributed by atoms with Crippen molar-refractivity contribution in [3.8, 4) is 11.1 Å². The van der Waals surface area contributed by atoms with E-state index in [1.807, 2.05) is 43.6 Å². The Bertz CT molecular complexity index is 1120. The molecule has 3 heterocycles. The lowest BCUT2D eigenvalue weighted by atomic mass is 10.0. The van der Waals surface area contributed by atoms with Crippen LogP contribution < -0.4 is 10.6 Å². The molecule has 1 aliphatic heterocycles. The highest BCUT2D eigenvalue weighted by atomic mass is 32.3. The van der Waals surface area contributed by atoms with Gasteiger partial charge in [0.05, 0.1) is 6.20 Å². The molecule has 1 aromatic carbocycles. The number of carbonyl (C=O) groups excluding carboxylic acids is 1. The van der Waals surface area contributed by atoms with Crippen LogP contribution in [0.2, 0.25) is 0 Å². The maximum atomic E-state index is 12.4. The molecule has 9 heteroatoms. The van der Waals surface area contributed by atoms with Crippen LogP contribution in [0.3, 0.4) is 0 Å². The molecule has 1 fully saturated rings. The highest BCUT2D eigenvalue weighted by molar-refractivity contribution is 8.24. The van der Waals surface area contributed by atoms with Crippen LogP contribution in [0.1, 0.15) is 24.0 Å². The first-order chi connectivity index (χ1) is 15.9. The van der Waals surface area contributed by atoms with E-state index in [-0.39, 0.29) is 5.91 Å². The smallest absolute Gasteiger partial charge is 0.248 e. The molecule has 4 N–H and O–H groups in total. The summed E-state index contributed by atoms with van der Waals surface area (Å²) in [6.07, 6.45) is 12.0. The van der Waals surface area contributed by atoms with Crippen LogP contribution in [0.4, 0.5) is 5.69 Å². The van der Waals surface area contributed by atoms with Gasteiger partial charge in [-0.2, -0.15) is 15.7 Å². The van der Waals surface area contributed by atoms with Gasteiger partial charge in [-0.05, 0) is 48.2 Å². The summed E-state index contributed by atoms with van der Waals surface area (Å²) >= 11 is 0. The SMILES string of the molecule is Cn1cc(-c2ccncc2C=CC(=O)Nc2ccc(CNC3CCS(O)(O)CC3)cc2)cn1. The number of aryl methyl sites for hydroxylation is 1. The average Bonchev–Trinajstić information content (AvgIpc) is 3.24. The molecule has 0 bridgehead atoms. The minimum absolute atomic E-state index is 0.219. The van der Waals surface area contributed by atoms with Crippen LogP contribution in [0, 0.1) is 0 Å². The number of anilines is 1. The largest absolute Gasteiger partial charge is 0.323 e. The van der Waals surface area contributed by atoms with Crippen molar-refractivity contribution < 1.29 is 13.9 Å². The van der Waals surface area contributed by atoms with Gasteiger partial charge in [0.15, 0.2) is 0 Å². The van der Waals surface area contributed by atoms with Gasteiger partial charge in [-0.15, -0.1) is 0 Å². The number of hydrogen-bond acceptors (Lipinski definition) is 6. The summed E-state index contributed by atoms with van der Waals surface area (Å²) in [6, 6.07) is 9.92. The second kappa shape index (κ2) is 10.3. The Labute approximate surface area is 195 Å². The molecule has 8 nitrogen and oxygen atoms in total. The van der Waals surface area contributed by atoms with Crippen LogP contribution in [-0.4, -0.2) is 47.3 Å². The molecular weight excluding hydrogens is 438 g/mol. The summed E-state index contributed by atoms with van der Waals surface area (Å²) in [4.78, 5) is 16.6. The lowest BCUT2D eigenvalue weighted by Crippen LogP contribution is -2.35. The van der Waals surface area contributed by atoms with E-state index in [9.17, 15) is 13.9 Å². The summed E-state index contributed by atoms with van der Waals surface area (Å²) < 4.78 is 21.2. The zero-order chi connectivity index (χ0) is 23.3. The van der Waals surface area contributed by atoms with Gasteiger partial charge in [0.25, 0.3) is 0 Å². The van der Waals surface area contributed by atoms with Crippen LogP contribution >= 0.6 is 10.6 Å². The molecule has 0 aliphatic carbocycles. The molecule has 1 saturated heterocycles. The minimum atomic E-state index is -2.35. The summed E-state index contributed by atoms with van der Waals surface area (Å²) in [5.41, 5.74) is 4.59. The second-order valence-corrected chi connectivity index (χ2v) is 10.7. The zero-order valence-corrected chi connectivity index (χ0v) is 19.3. The number of nitrogens with one attached hydrogen (secondary N) is 2. The fraction of sp³-hybridized carbons (Fsp3) is 0.292. The monoisotopic (exact) mass is 467 g/mol. The Kier molecular flexibility index (Phi) is 7.24. The lowest BCUT2D eigenvalue weighted by molar-refractivity contribution is -0.111. The number of carbonyl (C=O) groups is 1. The van der Waals surface area contributed by atoms with Gasteiger partial charge in [0, 0.05) is 72.6 Å². The molecular formula is C24H29N5O3S. The summed E-state index contributed by atoms with van der Waals surface area (Å²) in [5.74, 6) is 0.737. The summed E-state index contributed by atoms with van der Waals surface area (Å²) in [7, 11) is -0.484. The molecule has 1 aliphatic rings. The van der Waals surface area contributed by atoms with Crippen molar-refractivity contribution in [2.45, 2.75) is 25.4 Å². The van der Waals surface area contributed by atoms with Crippen LogP contribution in [0.25, 0.3) is 17.2 Å². The Morgan fingerprint density at radius 3 is 2.64 bits per heavy atom. The second-order valence-electron chi connectivity index (χ2n) is 8.25. The number of rotatable bonds is 7. The molecule has 1 amide bonds. The van der Waals surface area contributed by atoms with Crippen molar-refractivity contribution in [1.29, 1.82) is 0 Å². The van der Waals surface area contributed by atoms with Gasteiger partial charge in [-0.25, -0.2) is 0 Å². The quantitative estimate of drug-likeness (QED) is 0.389. The Morgan fingerprint density at radius 1 is 1.18 bits per heavy atom. The predicted molar refractivity (Wildman–Crippen MR) is 133 cm³/mol. The molecule has 0 spiro atoms. The fourth-order valence-corrected chi connectivity index (χ4v) is 5.32. The van der Waals surface area contributed by atoms with Crippen molar-refractivity contribution in [3.05, 3.63) is 72.3 Å². The first-order valence-electron chi connectivity index (χ1n) is 10.9. The molecule has 33 heavy (non-hydrogen) atoms. The molecule has 0 saturated carbocycles. The third kappa shape index (κ3) is 6.52. The van der Waals surface area contributed by atoms with Crippen molar-refractivity contribution in [1.82, 2.24) is 20.1 Å². The van der Waals surface area contributed by atoms with Crippen LogP contribution in [0.5, 0.6) is 0 Å². The first kappa shape index (κ1) is 23.2. The minimum Gasteiger partial charge on any atom is -0.323 e. The average molecular weight is 468 g/mol. The van der Waals surface area contributed by atoms with Gasteiger partial charge in [0.2, 0.25) is 5.91 Å². The van der Waals surface area contributed by atoms with E-state index in [1.165, 1.54) is 6.08 Å². The summed E-state index contributed by atoms with van der Waals surface area (Å²) in [5, 5.41) is 10.6. The topological polar surface area (TPSA) is 112 Å². The van der Waals surface area contributed by atoms with E-state index in [0.717, 1.165) is 40.8 Å². The lowest BCUT2D eigenvalue weighted by Gasteiger charge is -2.39. The van der Waals surface area contributed by atoms with Crippen LogP contribution in [-0.2, 0) is 18.4 Å². The van der Waals surface area contributed by atoms with Gasteiger partial charge in [0.1, 0.15) is 0 Å². The molecule has 0 atom stereocenters. The van der Waals surface area contributed by atoms with Gasteiger partial charge in [-0.3, -0.25) is 23.6 Å². The fourth-order valence-electron chi connectivity index (χ4n) is 3.79. The standard InChI is InChI=1S/C24H29N5O3S/c1-29-17-20(16-27-29)23-8-11-25-15-19(23)4-7-24(30)28-22-5-2-18(3-6-22)14-26-21-9-12-33(31,32)13-10-21/h2-8,11,15-17,21,26,31-32H,9-10,12-14H2,1H3,(H,28,30). The highest BCUT2D eigenvalue weighted by Crippen LogP contribution is 2.43. The van der Waals surface area contributed by atoms with E-state index < -0.39 is 10.6 Å². The molecule has 174 valence electrons. The van der Waals surface area contributed by atoms with Crippen molar-refractivity contribution in [2.75, 3.05) is 16.8 Å². The summed E-state index contributed by atoms with van der Waals surface area (Å²) in [6.45, 7) is 0.704. The van der Waals surface area contributed by atoms with E-state index in [1.54, 1.807) is 29.3 Å². The number of nitrogens with zero attached hydrogens (tertiary/aromatic N) is 3. The highest BCUT2D eigenvalue weighted by Gasteiger charge is 2.23. The van der Waals surface area contributed by atoms with Crippen LogP contribution in [0.15, 0.2) is 61.2 Å². The molecule has 0 unspecified atom stereocenters. The normalized spacial score (nSPS) is 17.2. The van der Waals surface area contributed by atoms with Gasteiger partial charge < -0.3 is 10.6 Å². The number of aromatic nitrogens is 3. The Balaban J connectivity index is 1.30. The molecule has 3 aromatic rings. The zero-order valence-electron chi connectivity index (χ0n) is 18.5. The molecule has 4 rings (SSSR count). The third-order valence-electron chi connectivity index (χ3n) is 5.68. The van der Waals surface area contributed by atoms with E-state index >= 15 is 0 Å². The Hall–Kier alpha value is -2.98. The predicted octanol–water partition coefficient (Wildman–Crippen LogP) is 4.14. The number of pyridine rings is 1. The number of amides is 1. The maximum Gasteiger partial charge on any atom is 0.248 e. The van der Waals surface area contributed by atoms with E-state index in [4.69, 9.17) is 0 Å². The van der Waals surface area contributed by atoms with Crippen molar-refractivity contribution in [3.63, 3.8) is 0 Å². The Morgan fingerprint density at radius 2 is 1.94 bits per heavy atom. The number of hydrogen-bond donors (Lipinski definition) is 4. The molecule has 0 radical (unpaired) electrons. The van der Waals surface area contributed by atoms with Gasteiger partial charge in [-0.1, -0.05) is 12.1 Å². The van der Waals surface area contributed by atoms with E-state index in [2.05, 4.69) is 20.7 Å². The van der Waals surface area contributed by atoms with Crippen molar-refractivity contribution >= 4 is 28.3 Å². The van der Waals surface area contributed by atoms with Gasteiger partial charge >= 0.3 is 0 Å². The van der Waals surface area contributed by atoms with E-state index in [0.29, 0.717) is 24.1 Å². The maximum absolute atomic E-state index is 12.4. The van der Waals surface area contributed by atoms with Crippen molar-refractivity contribution in [2.24, 2.45) is 7.05 Å². The third-order valence-corrected chi connectivity index (χ3v) is 7.46.